The molecule has 5 heteroatoms. The van der Waals surface area contributed by atoms with Gasteiger partial charge in [-0.05, 0) is 32.0 Å². The second kappa shape index (κ2) is 4.98. The van der Waals surface area contributed by atoms with E-state index in [2.05, 4.69) is 30.1 Å². The SMILES string of the molecule is COc1ccc2nc(N3C[C@@H](C)N[C@H](C)C3)sc2c1. The Morgan fingerprint density at radius 2 is 2.05 bits per heavy atom. The molecule has 4 nitrogen and oxygen atoms in total. The largest absolute Gasteiger partial charge is 0.497 e. The van der Waals surface area contributed by atoms with Crippen LogP contribution in [0.4, 0.5) is 5.13 Å². The lowest BCUT2D eigenvalue weighted by Gasteiger charge is -2.35. The summed E-state index contributed by atoms with van der Waals surface area (Å²) >= 11 is 1.74. The summed E-state index contributed by atoms with van der Waals surface area (Å²) in [6.07, 6.45) is 0. The van der Waals surface area contributed by atoms with Gasteiger partial charge in [-0.25, -0.2) is 4.98 Å². The van der Waals surface area contributed by atoms with Crippen molar-refractivity contribution in [1.29, 1.82) is 0 Å². The zero-order chi connectivity index (χ0) is 13.4. The minimum atomic E-state index is 0.505. The molecule has 2 heterocycles. The molecule has 2 atom stereocenters. The molecule has 0 amide bonds. The first kappa shape index (κ1) is 12.7. The number of rotatable bonds is 2. The first-order valence-electron chi connectivity index (χ1n) is 6.61. The third kappa shape index (κ3) is 2.53. The van der Waals surface area contributed by atoms with Crippen LogP contribution in [0.2, 0.25) is 0 Å². The number of methoxy groups -OCH3 is 1. The maximum absolute atomic E-state index is 5.27. The number of nitrogens with one attached hydrogen (secondary N) is 1. The lowest BCUT2D eigenvalue weighted by molar-refractivity contribution is 0.407. The van der Waals surface area contributed by atoms with E-state index < -0.39 is 0 Å². The fraction of sp³-hybridized carbons (Fsp3) is 0.500. The summed E-state index contributed by atoms with van der Waals surface area (Å²) in [6.45, 7) is 6.47. The highest BCUT2D eigenvalue weighted by molar-refractivity contribution is 7.22. The Morgan fingerprint density at radius 3 is 2.74 bits per heavy atom. The number of thiazole rings is 1. The van der Waals surface area contributed by atoms with Crippen molar-refractivity contribution >= 4 is 26.7 Å². The van der Waals surface area contributed by atoms with Crippen molar-refractivity contribution in [3.8, 4) is 5.75 Å². The average Bonchev–Trinajstić information content (AvgIpc) is 2.80. The molecule has 102 valence electrons. The number of nitrogens with zero attached hydrogens (tertiary/aromatic N) is 2. The van der Waals surface area contributed by atoms with Crippen molar-refractivity contribution in [3.63, 3.8) is 0 Å². The monoisotopic (exact) mass is 277 g/mol. The maximum Gasteiger partial charge on any atom is 0.186 e. The highest BCUT2D eigenvalue weighted by Gasteiger charge is 2.23. The molecular formula is C14H19N3OS. The standard InChI is InChI=1S/C14H19N3OS/c1-9-7-17(8-10(2)15-9)14-16-12-5-4-11(18-3)6-13(12)19-14/h4-6,9-10,15H,7-8H2,1-3H3/t9-,10-/m1/s1. The molecule has 0 radical (unpaired) electrons. The molecule has 0 bridgehead atoms. The minimum Gasteiger partial charge on any atom is -0.497 e. The summed E-state index contributed by atoms with van der Waals surface area (Å²) in [5.74, 6) is 0.893. The first-order valence-corrected chi connectivity index (χ1v) is 7.43. The van der Waals surface area contributed by atoms with E-state index in [1.807, 2.05) is 12.1 Å². The summed E-state index contributed by atoms with van der Waals surface area (Å²) in [7, 11) is 1.70. The van der Waals surface area contributed by atoms with Gasteiger partial charge in [0.25, 0.3) is 0 Å². The molecular weight excluding hydrogens is 258 g/mol. The predicted molar refractivity (Wildman–Crippen MR) is 80.4 cm³/mol. The fourth-order valence-corrected chi connectivity index (χ4v) is 3.65. The Morgan fingerprint density at radius 1 is 1.32 bits per heavy atom. The average molecular weight is 277 g/mol. The Hall–Kier alpha value is -1.33. The van der Waals surface area contributed by atoms with Crippen LogP contribution in [0.3, 0.4) is 0 Å². The minimum absolute atomic E-state index is 0.505. The van der Waals surface area contributed by atoms with Crippen LogP contribution in [0.15, 0.2) is 18.2 Å². The van der Waals surface area contributed by atoms with Gasteiger partial charge < -0.3 is 15.0 Å². The van der Waals surface area contributed by atoms with Crippen LogP contribution < -0.4 is 15.0 Å². The number of hydrogen-bond acceptors (Lipinski definition) is 5. The number of piperazine rings is 1. The zero-order valence-corrected chi connectivity index (χ0v) is 12.3. The first-order chi connectivity index (χ1) is 9.15. The normalized spacial score (nSPS) is 23.8. The summed E-state index contributed by atoms with van der Waals surface area (Å²) in [5, 5.41) is 4.66. The molecule has 19 heavy (non-hydrogen) atoms. The van der Waals surface area contributed by atoms with Crippen LogP contribution in [0, 0.1) is 0 Å². The maximum atomic E-state index is 5.27. The molecule has 1 aliphatic heterocycles. The topological polar surface area (TPSA) is 37.4 Å². The molecule has 1 N–H and O–H groups in total. The van der Waals surface area contributed by atoms with Crippen LogP contribution in [-0.2, 0) is 0 Å². The van der Waals surface area contributed by atoms with Crippen LogP contribution in [0.5, 0.6) is 5.75 Å². The highest BCUT2D eigenvalue weighted by Crippen LogP contribution is 2.32. The second-order valence-corrected chi connectivity index (χ2v) is 6.21. The number of anilines is 1. The second-order valence-electron chi connectivity index (χ2n) is 5.20. The molecule has 2 aromatic rings. The van der Waals surface area contributed by atoms with E-state index in [0.717, 1.165) is 29.5 Å². The van der Waals surface area contributed by atoms with E-state index in [1.54, 1.807) is 18.4 Å². The lowest BCUT2D eigenvalue weighted by Crippen LogP contribution is -2.54. The van der Waals surface area contributed by atoms with E-state index in [0.29, 0.717) is 12.1 Å². The van der Waals surface area contributed by atoms with Crippen molar-refractivity contribution in [2.24, 2.45) is 0 Å². The van der Waals surface area contributed by atoms with E-state index in [1.165, 1.54) is 4.70 Å². The molecule has 0 spiro atoms. The molecule has 1 aliphatic rings. The van der Waals surface area contributed by atoms with E-state index in [-0.39, 0.29) is 0 Å². The van der Waals surface area contributed by atoms with Crippen molar-refractivity contribution in [2.75, 3.05) is 25.1 Å². The number of aromatic nitrogens is 1. The summed E-state index contributed by atoms with van der Waals surface area (Å²) in [5.41, 5.74) is 1.06. The van der Waals surface area contributed by atoms with Crippen molar-refractivity contribution in [2.45, 2.75) is 25.9 Å². The molecule has 1 aromatic heterocycles. The number of hydrogen-bond donors (Lipinski definition) is 1. The van der Waals surface area contributed by atoms with Gasteiger partial charge in [0.1, 0.15) is 5.75 Å². The number of fused-ring (bicyclic) bond motifs is 1. The molecule has 3 rings (SSSR count). The molecule has 0 unspecified atom stereocenters. The van der Waals surface area contributed by atoms with Gasteiger partial charge in [0, 0.05) is 25.2 Å². The van der Waals surface area contributed by atoms with Gasteiger partial charge in [0.2, 0.25) is 0 Å². The molecule has 1 aromatic carbocycles. The van der Waals surface area contributed by atoms with Gasteiger partial charge in [0.05, 0.1) is 17.3 Å². The fourth-order valence-electron chi connectivity index (χ4n) is 2.64. The molecule has 0 aliphatic carbocycles. The van der Waals surface area contributed by atoms with Crippen molar-refractivity contribution in [1.82, 2.24) is 10.3 Å². The van der Waals surface area contributed by atoms with Gasteiger partial charge in [0.15, 0.2) is 5.13 Å². The Labute approximate surface area is 117 Å². The number of benzene rings is 1. The third-order valence-corrected chi connectivity index (χ3v) is 4.49. The van der Waals surface area contributed by atoms with Crippen LogP contribution >= 0.6 is 11.3 Å². The van der Waals surface area contributed by atoms with Crippen LogP contribution in [-0.4, -0.2) is 37.3 Å². The zero-order valence-electron chi connectivity index (χ0n) is 11.5. The quantitative estimate of drug-likeness (QED) is 0.915. The summed E-state index contributed by atoms with van der Waals surface area (Å²) in [4.78, 5) is 7.12. The predicted octanol–water partition coefficient (Wildman–Crippen LogP) is 2.49. The van der Waals surface area contributed by atoms with Gasteiger partial charge in [-0.2, -0.15) is 0 Å². The van der Waals surface area contributed by atoms with Gasteiger partial charge in [-0.3, -0.25) is 0 Å². The Kier molecular flexibility index (Phi) is 3.33. The van der Waals surface area contributed by atoms with E-state index >= 15 is 0 Å². The van der Waals surface area contributed by atoms with Crippen LogP contribution in [0.25, 0.3) is 10.2 Å². The van der Waals surface area contributed by atoms with Crippen molar-refractivity contribution in [3.05, 3.63) is 18.2 Å². The van der Waals surface area contributed by atoms with Gasteiger partial charge in [-0.1, -0.05) is 11.3 Å². The van der Waals surface area contributed by atoms with E-state index in [9.17, 15) is 0 Å². The lowest BCUT2D eigenvalue weighted by atomic mass is 10.2. The van der Waals surface area contributed by atoms with Crippen LogP contribution in [0.1, 0.15) is 13.8 Å². The smallest absolute Gasteiger partial charge is 0.186 e. The third-order valence-electron chi connectivity index (χ3n) is 3.41. The van der Waals surface area contributed by atoms with Gasteiger partial charge >= 0.3 is 0 Å². The number of ether oxygens (including phenoxy) is 1. The summed E-state index contributed by atoms with van der Waals surface area (Å²) in [6, 6.07) is 7.07. The Balaban J connectivity index is 1.92. The van der Waals surface area contributed by atoms with Crippen molar-refractivity contribution < 1.29 is 4.74 Å². The van der Waals surface area contributed by atoms with E-state index in [4.69, 9.17) is 9.72 Å². The molecule has 1 saturated heterocycles. The van der Waals surface area contributed by atoms with Gasteiger partial charge in [-0.15, -0.1) is 0 Å². The highest BCUT2D eigenvalue weighted by atomic mass is 32.1. The molecule has 1 fully saturated rings. The summed E-state index contributed by atoms with van der Waals surface area (Å²) < 4.78 is 6.45. The molecule has 0 saturated carbocycles. The Bertz CT molecular complexity index is 573.